The number of aromatic nitrogens is 2. The van der Waals surface area contributed by atoms with Crippen molar-refractivity contribution in [2.45, 2.75) is 6.54 Å². The van der Waals surface area contributed by atoms with Crippen LogP contribution in [0.15, 0.2) is 66.4 Å². The first-order chi connectivity index (χ1) is 9.83. The minimum atomic E-state index is 0.0845. The molecule has 3 nitrogen and oxygen atoms in total. The maximum absolute atomic E-state index is 12.1. The SMILES string of the molecule is O=C(C[n+]1ccc(-c2cccs2)nc1)c1ccccc1. The summed E-state index contributed by atoms with van der Waals surface area (Å²) < 4.78 is 1.80. The molecule has 3 aromatic rings. The van der Waals surface area contributed by atoms with E-state index in [-0.39, 0.29) is 5.78 Å². The van der Waals surface area contributed by atoms with Gasteiger partial charge in [-0.15, -0.1) is 11.3 Å². The Kier molecular flexibility index (Phi) is 3.65. The number of ketones is 1. The monoisotopic (exact) mass is 281 g/mol. The molecule has 3 rings (SSSR count). The third-order valence-corrected chi connectivity index (χ3v) is 3.86. The van der Waals surface area contributed by atoms with Gasteiger partial charge in [-0.25, -0.2) is 4.57 Å². The molecule has 0 aliphatic carbocycles. The second-order valence-electron chi connectivity index (χ2n) is 4.38. The molecule has 4 heteroatoms. The highest BCUT2D eigenvalue weighted by molar-refractivity contribution is 7.13. The number of rotatable bonds is 4. The molecule has 0 saturated carbocycles. The number of hydrogen-bond donors (Lipinski definition) is 0. The summed E-state index contributed by atoms with van der Waals surface area (Å²) in [5.41, 5.74) is 1.66. The maximum atomic E-state index is 12.1. The zero-order valence-electron chi connectivity index (χ0n) is 10.8. The summed E-state index contributed by atoms with van der Waals surface area (Å²) >= 11 is 1.65. The Bertz CT molecular complexity index is 691. The van der Waals surface area contributed by atoms with E-state index in [0.29, 0.717) is 6.54 Å². The lowest BCUT2D eigenvalue weighted by Crippen LogP contribution is -2.37. The molecule has 0 atom stereocenters. The van der Waals surface area contributed by atoms with Crippen LogP contribution in [0.25, 0.3) is 10.6 Å². The van der Waals surface area contributed by atoms with Gasteiger partial charge >= 0.3 is 0 Å². The molecule has 0 fully saturated rings. The number of carbonyl (C=O) groups is 1. The molecular weight excluding hydrogens is 268 g/mol. The standard InChI is InChI=1S/C16H13N2OS/c19-15(13-5-2-1-3-6-13)11-18-9-8-14(17-12-18)16-7-4-10-20-16/h1-10,12H,11H2/q+1. The van der Waals surface area contributed by atoms with E-state index in [9.17, 15) is 4.79 Å². The molecule has 0 bridgehead atoms. The number of benzene rings is 1. The van der Waals surface area contributed by atoms with E-state index in [2.05, 4.69) is 4.98 Å². The fraction of sp³-hybridized carbons (Fsp3) is 0.0625. The predicted molar refractivity (Wildman–Crippen MR) is 78.5 cm³/mol. The van der Waals surface area contributed by atoms with Gasteiger partial charge in [-0.2, -0.15) is 0 Å². The highest BCUT2D eigenvalue weighted by Gasteiger charge is 2.11. The van der Waals surface area contributed by atoms with Crippen LogP contribution in [0, 0.1) is 0 Å². The average molecular weight is 281 g/mol. The van der Waals surface area contributed by atoms with Crippen LogP contribution in [0.1, 0.15) is 10.4 Å². The van der Waals surface area contributed by atoms with Gasteiger partial charge in [-0.05, 0) is 16.4 Å². The minimum Gasteiger partial charge on any atom is -0.290 e. The van der Waals surface area contributed by atoms with Crippen LogP contribution in [0.2, 0.25) is 0 Å². The second-order valence-corrected chi connectivity index (χ2v) is 5.33. The van der Waals surface area contributed by atoms with E-state index >= 15 is 0 Å². The summed E-state index contributed by atoms with van der Waals surface area (Å²) in [6.45, 7) is 0.307. The third kappa shape index (κ3) is 2.81. The highest BCUT2D eigenvalue weighted by Crippen LogP contribution is 2.20. The topological polar surface area (TPSA) is 33.8 Å². The molecule has 20 heavy (non-hydrogen) atoms. The highest BCUT2D eigenvalue weighted by atomic mass is 32.1. The Morgan fingerprint density at radius 1 is 1.10 bits per heavy atom. The van der Waals surface area contributed by atoms with Crippen molar-refractivity contribution in [3.63, 3.8) is 0 Å². The quantitative estimate of drug-likeness (QED) is 0.544. The average Bonchev–Trinajstić information content (AvgIpc) is 3.03. The largest absolute Gasteiger partial charge is 0.290 e. The fourth-order valence-corrected chi connectivity index (χ4v) is 2.63. The van der Waals surface area contributed by atoms with E-state index in [1.165, 1.54) is 0 Å². The van der Waals surface area contributed by atoms with Crippen LogP contribution < -0.4 is 4.57 Å². The van der Waals surface area contributed by atoms with Gasteiger partial charge in [0.1, 0.15) is 0 Å². The Morgan fingerprint density at radius 3 is 2.60 bits per heavy atom. The van der Waals surface area contributed by atoms with E-state index < -0.39 is 0 Å². The van der Waals surface area contributed by atoms with Crippen molar-refractivity contribution in [3.05, 3.63) is 72.0 Å². The first-order valence-corrected chi connectivity index (χ1v) is 7.18. The molecule has 2 aromatic heterocycles. The predicted octanol–water partition coefficient (Wildman–Crippen LogP) is 2.98. The van der Waals surface area contributed by atoms with Crippen LogP contribution in [0.4, 0.5) is 0 Å². The lowest BCUT2D eigenvalue weighted by molar-refractivity contribution is -0.686. The van der Waals surface area contributed by atoms with E-state index in [1.54, 1.807) is 22.2 Å². The molecule has 0 saturated heterocycles. The van der Waals surface area contributed by atoms with Crippen molar-refractivity contribution in [2.75, 3.05) is 0 Å². The number of Topliss-reactive ketones (excluding diaryl/α,β-unsaturated/α-hetero) is 1. The van der Waals surface area contributed by atoms with Gasteiger partial charge in [0.05, 0.1) is 11.1 Å². The summed E-state index contributed by atoms with van der Waals surface area (Å²) in [4.78, 5) is 17.6. The van der Waals surface area contributed by atoms with Crippen LogP contribution in [-0.2, 0) is 6.54 Å². The maximum Gasteiger partial charge on any atom is 0.287 e. The van der Waals surface area contributed by atoms with Gasteiger partial charge in [0.2, 0.25) is 5.78 Å². The zero-order chi connectivity index (χ0) is 13.8. The van der Waals surface area contributed by atoms with Crippen LogP contribution >= 0.6 is 11.3 Å². The van der Waals surface area contributed by atoms with Crippen LogP contribution in [0.3, 0.4) is 0 Å². The van der Waals surface area contributed by atoms with Crippen molar-refractivity contribution in [3.8, 4) is 10.6 Å². The summed E-state index contributed by atoms with van der Waals surface area (Å²) in [7, 11) is 0. The van der Waals surface area contributed by atoms with Gasteiger partial charge in [0, 0.05) is 11.6 Å². The van der Waals surface area contributed by atoms with Crippen molar-refractivity contribution in [1.29, 1.82) is 0 Å². The third-order valence-electron chi connectivity index (χ3n) is 2.96. The lowest BCUT2D eigenvalue weighted by Gasteiger charge is -1.99. The van der Waals surface area contributed by atoms with Gasteiger partial charge in [0.25, 0.3) is 6.33 Å². The molecule has 2 heterocycles. The summed E-state index contributed by atoms with van der Waals surface area (Å²) in [6, 6.07) is 15.3. The minimum absolute atomic E-state index is 0.0845. The second kappa shape index (κ2) is 5.75. The Balaban J connectivity index is 1.74. The Hall–Kier alpha value is -2.33. The molecule has 0 aliphatic heterocycles. The van der Waals surface area contributed by atoms with E-state index in [4.69, 9.17) is 0 Å². The number of nitrogens with zero attached hydrogens (tertiary/aromatic N) is 2. The van der Waals surface area contributed by atoms with Crippen molar-refractivity contribution >= 4 is 17.1 Å². The molecule has 1 aromatic carbocycles. The van der Waals surface area contributed by atoms with E-state index in [0.717, 1.165) is 16.1 Å². The van der Waals surface area contributed by atoms with Crippen molar-refractivity contribution < 1.29 is 9.36 Å². The first kappa shape index (κ1) is 12.7. The molecule has 0 spiro atoms. The summed E-state index contributed by atoms with van der Waals surface area (Å²) in [6.07, 6.45) is 3.60. The van der Waals surface area contributed by atoms with Crippen LogP contribution in [-0.4, -0.2) is 10.8 Å². The zero-order valence-corrected chi connectivity index (χ0v) is 11.6. The number of carbonyl (C=O) groups excluding carboxylic acids is 1. The summed E-state index contributed by atoms with van der Waals surface area (Å²) in [5.74, 6) is 0.0845. The molecule has 0 amide bonds. The normalized spacial score (nSPS) is 10.4. The van der Waals surface area contributed by atoms with E-state index in [1.807, 2.05) is 60.1 Å². The molecular formula is C16H13N2OS+. The molecule has 0 aliphatic rings. The smallest absolute Gasteiger partial charge is 0.287 e. The van der Waals surface area contributed by atoms with Crippen molar-refractivity contribution in [2.24, 2.45) is 0 Å². The van der Waals surface area contributed by atoms with Gasteiger partial charge < -0.3 is 0 Å². The fourth-order valence-electron chi connectivity index (χ4n) is 1.93. The van der Waals surface area contributed by atoms with Gasteiger partial charge in [0.15, 0.2) is 12.2 Å². The van der Waals surface area contributed by atoms with Gasteiger partial charge in [-0.3, -0.25) is 4.79 Å². The number of hydrogen-bond acceptors (Lipinski definition) is 3. The Morgan fingerprint density at radius 2 is 1.95 bits per heavy atom. The van der Waals surface area contributed by atoms with Crippen LogP contribution in [0.5, 0.6) is 0 Å². The molecule has 98 valence electrons. The Labute approximate surface area is 121 Å². The van der Waals surface area contributed by atoms with Crippen molar-refractivity contribution in [1.82, 2.24) is 4.98 Å². The number of thiophene rings is 1. The van der Waals surface area contributed by atoms with Gasteiger partial charge in [-0.1, -0.05) is 36.4 Å². The first-order valence-electron chi connectivity index (χ1n) is 6.30. The molecule has 0 unspecified atom stereocenters. The lowest BCUT2D eigenvalue weighted by atomic mass is 10.1. The molecule has 0 radical (unpaired) electrons. The summed E-state index contributed by atoms with van der Waals surface area (Å²) in [5, 5.41) is 2.02. The molecule has 0 N–H and O–H groups in total.